The minimum absolute atomic E-state index is 0.0284. The summed E-state index contributed by atoms with van der Waals surface area (Å²) in [4.78, 5) is 49.3. The minimum atomic E-state index is -0.991. The van der Waals surface area contributed by atoms with E-state index in [0.717, 1.165) is 5.56 Å². The zero-order chi connectivity index (χ0) is 25.0. The molecule has 3 amide bonds. The fourth-order valence-corrected chi connectivity index (χ4v) is 3.15. The summed E-state index contributed by atoms with van der Waals surface area (Å²) in [6.45, 7) is 7.57. The van der Waals surface area contributed by atoms with Gasteiger partial charge in [-0.05, 0) is 23.8 Å². The molecule has 0 bridgehead atoms. The Kier molecular flexibility index (Phi) is 12.1. The average molecular weight is 463 g/mol. The molecule has 184 valence electrons. The zero-order valence-electron chi connectivity index (χ0n) is 20.0. The number of ether oxygens (including phenoxy) is 1. The molecule has 0 heterocycles. The van der Waals surface area contributed by atoms with Crippen LogP contribution in [-0.4, -0.2) is 41.8 Å². The molecule has 1 aromatic rings. The predicted molar refractivity (Wildman–Crippen MR) is 125 cm³/mol. The largest absolute Gasteiger partial charge is 0.461 e. The van der Waals surface area contributed by atoms with Crippen LogP contribution in [0.25, 0.3) is 0 Å². The van der Waals surface area contributed by atoms with Crippen LogP contribution in [0.2, 0.25) is 0 Å². The summed E-state index contributed by atoms with van der Waals surface area (Å²) in [6, 6.07) is 6.55. The van der Waals surface area contributed by atoms with E-state index < -0.39 is 41.8 Å². The van der Waals surface area contributed by atoms with Gasteiger partial charge < -0.3 is 26.8 Å². The Morgan fingerprint density at radius 3 is 2.00 bits per heavy atom. The number of nitrogens with two attached hydrogens (primary N) is 2. The van der Waals surface area contributed by atoms with Crippen LogP contribution in [0.15, 0.2) is 30.3 Å². The highest BCUT2D eigenvalue weighted by Gasteiger charge is 2.32. The third-order valence-corrected chi connectivity index (χ3v) is 5.85. The van der Waals surface area contributed by atoms with Crippen molar-refractivity contribution in [3.8, 4) is 0 Å². The van der Waals surface area contributed by atoms with E-state index in [1.165, 1.54) is 0 Å². The van der Waals surface area contributed by atoms with Crippen molar-refractivity contribution in [3.05, 3.63) is 35.9 Å². The number of nitrogens with one attached hydrogen (secondary N) is 2. The van der Waals surface area contributed by atoms with Gasteiger partial charge in [-0.15, -0.1) is 0 Å². The van der Waals surface area contributed by atoms with Crippen LogP contribution in [-0.2, 0) is 30.5 Å². The highest BCUT2D eigenvalue weighted by Crippen LogP contribution is 2.12. The SMILES string of the molecule is CCC(C)C(NC(=O)C(NC(=O)C(N)CCC(=O)OCc1ccccc1)C(C)CC)C(N)=O. The van der Waals surface area contributed by atoms with Gasteiger partial charge in [0.25, 0.3) is 0 Å². The number of carbonyl (C=O) groups excluding carboxylic acids is 4. The molecule has 0 saturated heterocycles. The highest BCUT2D eigenvalue weighted by atomic mass is 16.5. The molecule has 9 nitrogen and oxygen atoms in total. The number of benzene rings is 1. The van der Waals surface area contributed by atoms with E-state index in [2.05, 4.69) is 10.6 Å². The van der Waals surface area contributed by atoms with Crippen LogP contribution in [0, 0.1) is 11.8 Å². The zero-order valence-corrected chi connectivity index (χ0v) is 20.0. The molecule has 0 fully saturated rings. The number of hydrogen-bond donors (Lipinski definition) is 4. The normalized spacial score (nSPS) is 15.4. The first-order valence-electron chi connectivity index (χ1n) is 11.5. The summed E-state index contributed by atoms with van der Waals surface area (Å²) < 4.78 is 5.20. The summed E-state index contributed by atoms with van der Waals surface area (Å²) >= 11 is 0. The number of primary amides is 1. The lowest BCUT2D eigenvalue weighted by molar-refractivity contribution is -0.145. The van der Waals surface area contributed by atoms with Crippen molar-refractivity contribution in [2.75, 3.05) is 0 Å². The van der Waals surface area contributed by atoms with Crippen molar-refractivity contribution < 1.29 is 23.9 Å². The van der Waals surface area contributed by atoms with Gasteiger partial charge in [0.1, 0.15) is 18.7 Å². The maximum atomic E-state index is 12.9. The molecule has 0 aromatic heterocycles. The Hall–Kier alpha value is -2.94. The standard InChI is InChI=1S/C24H38N4O5/c1-5-15(3)20(22(26)30)27-24(32)21(16(4)6-2)28-23(31)18(25)12-13-19(29)33-14-17-10-8-7-9-11-17/h7-11,15-16,18,20-21H,5-6,12-14,25H2,1-4H3,(H2,26,30)(H,27,32)(H,28,31). The number of rotatable bonds is 14. The molecule has 0 radical (unpaired) electrons. The first kappa shape index (κ1) is 28.1. The Labute approximate surface area is 196 Å². The molecule has 33 heavy (non-hydrogen) atoms. The molecule has 1 aromatic carbocycles. The first-order valence-corrected chi connectivity index (χ1v) is 11.5. The Morgan fingerprint density at radius 2 is 1.45 bits per heavy atom. The van der Waals surface area contributed by atoms with Gasteiger partial charge in [-0.1, -0.05) is 70.9 Å². The van der Waals surface area contributed by atoms with Crippen molar-refractivity contribution in [1.29, 1.82) is 0 Å². The maximum Gasteiger partial charge on any atom is 0.306 e. The Morgan fingerprint density at radius 1 is 0.909 bits per heavy atom. The van der Waals surface area contributed by atoms with Crippen molar-refractivity contribution in [1.82, 2.24) is 10.6 Å². The van der Waals surface area contributed by atoms with E-state index in [0.29, 0.717) is 12.8 Å². The summed E-state index contributed by atoms with van der Waals surface area (Å²) in [6.07, 6.45) is 1.31. The molecule has 9 heteroatoms. The lowest BCUT2D eigenvalue weighted by atomic mass is 9.94. The maximum absolute atomic E-state index is 12.9. The molecular formula is C24H38N4O5. The molecule has 0 saturated carbocycles. The molecule has 0 aliphatic heterocycles. The summed E-state index contributed by atoms with van der Waals surface area (Å²) in [7, 11) is 0. The molecule has 5 atom stereocenters. The van der Waals surface area contributed by atoms with Gasteiger partial charge in [0, 0.05) is 6.42 Å². The molecule has 1 rings (SSSR count). The van der Waals surface area contributed by atoms with Crippen LogP contribution in [0.3, 0.4) is 0 Å². The average Bonchev–Trinajstić information content (AvgIpc) is 2.81. The Bertz CT molecular complexity index is 786. The second-order valence-corrected chi connectivity index (χ2v) is 8.44. The molecule has 0 aliphatic carbocycles. The third-order valence-electron chi connectivity index (χ3n) is 5.85. The second kappa shape index (κ2) is 14.3. The molecular weight excluding hydrogens is 424 g/mol. The Balaban J connectivity index is 2.64. The van der Waals surface area contributed by atoms with Crippen LogP contribution in [0.5, 0.6) is 0 Å². The van der Waals surface area contributed by atoms with Gasteiger partial charge in [-0.3, -0.25) is 19.2 Å². The molecule has 5 unspecified atom stereocenters. The highest BCUT2D eigenvalue weighted by molar-refractivity contribution is 5.93. The van der Waals surface area contributed by atoms with Crippen molar-refractivity contribution in [2.45, 2.75) is 78.1 Å². The minimum Gasteiger partial charge on any atom is -0.461 e. The van der Waals surface area contributed by atoms with Gasteiger partial charge in [0.2, 0.25) is 17.7 Å². The van der Waals surface area contributed by atoms with Gasteiger partial charge >= 0.3 is 5.97 Å². The van der Waals surface area contributed by atoms with E-state index >= 15 is 0 Å². The lowest BCUT2D eigenvalue weighted by Gasteiger charge is -2.28. The number of amides is 3. The third kappa shape index (κ3) is 9.61. The van der Waals surface area contributed by atoms with E-state index in [9.17, 15) is 19.2 Å². The van der Waals surface area contributed by atoms with Gasteiger partial charge in [0.05, 0.1) is 6.04 Å². The van der Waals surface area contributed by atoms with Gasteiger partial charge in [-0.2, -0.15) is 0 Å². The van der Waals surface area contributed by atoms with Gasteiger partial charge in [0.15, 0.2) is 0 Å². The predicted octanol–water partition coefficient (Wildman–Crippen LogP) is 1.38. The molecule has 0 aliphatic rings. The number of carbonyl (C=O) groups is 4. The van der Waals surface area contributed by atoms with Crippen LogP contribution in [0.1, 0.15) is 58.9 Å². The smallest absolute Gasteiger partial charge is 0.306 e. The monoisotopic (exact) mass is 462 g/mol. The molecule has 0 spiro atoms. The van der Waals surface area contributed by atoms with E-state index in [-0.39, 0.29) is 31.3 Å². The van der Waals surface area contributed by atoms with Crippen LogP contribution < -0.4 is 22.1 Å². The number of esters is 1. The molecule has 6 N–H and O–H groups in total. The first-order chi connectivity index (χ1) is 15.6. The van der Waals surface area contributed by atoms with E-state index in [4.69, 9.17) is 16.2 Å². The van der Waals surface area contributed by atoms with Crippen LogP contribution in [0.4, 0.5) is 0 Å². The van der Waals surface area contributed by atoms with E-state index in [1.807, 2.05) is 58.0 Å². The lowest BCUT2D eigenvalue weighted by Crippen LogP contribution is -2.58. The van der Waals surface area contributed by atoms with Gasteiger partial charge in [-0.25, -0.2) is 0 Å². The van der Waals surface area contributed by atoms with E-state index in [1.54, 1.807) is 0 Å². The second-order valence-electron chi connectivity index (χ2n) is 8.44. The van der Waals surface area contributed by atoms with Crippen molar-refractivity contribution in [2.24, 2.45) is 23.3 Å². The fraction of sp³-hybridized carbons (Fsp3) is 0.583. The summed E-state index contributed by atoms with van der Waals surface area (Å²) in [5, 5.41) is 5.34. The van der Waals surface area contributed by atoms with Crippen molar-refractivity contribution in [3.63, 3.8) is 0 Å². The number of hydrogen-bond acceptors (Lipinski definition) is 6. The van der Waals surface area contributed by atoms with Crippen LogP contribution >= 0.6 is 0 Å². The summed E-state index contributed by atoms with van der Waals surface area (Å²) in [5.74, 6) is -2.48. The summed E-state index contributed by atoms with van der Waals surface area (Å²) in [5.41, 5.74) is 12.3. The quantitative estimate of drug-likeness (QED) is 0.306. The van der Waals surface area contributed by atoms with Crippen molar-refractivity contribution >= 4 is 23.7 Å². The topological polar surface area (TPSA) is 154 Å². The fourth-order valence-electron chi connectivity index (χ4n) is 3.15.